The SMILES string of the molecule is CCCC(F)OC(=O)CCC(CNC(=O)c1c(C)c(N2CCCC2)nc2ccc(Br)cc12)c1cc(F)ccc1Cl. The second kappa shape index (κ2) is 13.7. The van der Waals surface area contributed by atoms with Gasteiger partial charge in [0.15, 0.2) is 0 Å². The van der Waals surface area contributed by atoms with Crippen molar-refractivity contribution in [2.45, 2.75) is 64.6 Å². The van der Waals surface area contributed by atoms with Crippen LogP contribution in [0.2, 0.25) is 5.02 Å². The number of carbonyl (C=O) groups is 2. The van der Waals surface area contributed by atoms with E-state index in [1.54, 1.807) is 6.92 Å². The number of aromatic nitrogens is 1. The van der Waals surface area contributed by atoms with Gasteiger partial charge in [0, 0.05) is 58.8 Å². The molecule has 1 fully saturated rings. The van der Waals surface area contributed by atoms with Gasteiger partial charge in [0.2, 0.25) is 6.36 Å². The van der Waals surface area contributed by atoms with Gasteiger partial charge in [-0.2, -0.15) is 0 Å². The zero-order valence-electron chi connectivity index (χ0n) is 22.6. The fraction of sp³-hybridized carbons (Fsp3) is 0.433. The lowest BCUT2D eigenvalue weighted by atomic mass is 9.93. The molecule has 1 aliphatic heterocycles. The van der Waals surface area contributed by atoms with E-state index in [2.05, 4.69) is 26.1 Å². The molecule has 10 heteroatoms. The van der Waals surface area contributed by atoms with Crippen molar-refractivity contribution in [3.05, 3.63) is 68.4 Å². The number of carbonyl (C=O) groups excluding carboxylic acids is 2. The highest BCUT2D eigenvalue weighted by Crippen LogP contribution is 2.33. The molecule has 2 atom stereocenters. The number of nitrogens with zero attached hydrogens (tertiary/aromatic N) is 2. The number of pyridine rings is 1. The Kier molecular flexibility index (Phi) is 10.4. The first-order valence-electron chi connectivity index (χ1n) is 13.6. The fourth-order valence-corrected chi connectivity index (χ4v) is 5.76. The Balaban J connectivity index is 1.60. The van der Waals surface area contributed by atoms with Crippen LogP contribution in [0.4, 0.5) is 14.6 Å². The van der Waals surface area contributed by atoms with Gasteiger partial charge in [-0.15, -0.1) is 0 Å². The highest BCUT2D eigenvalue weighted by atomic mass is 79.9. The van der Waals surface area contributed by atoms with Crippen LogP contribution in [0.1, 0.15) is 72.9 Å². The molecule has 0 aliphatic carbocycles. The van der Waals surface area contributed by atoms with E-state index in [0.717, 1.165) is 41.8 Å². The number of fused-ring (bicyclic) bond motifs is 1. The van der Waals surface area contributed by atoms with Crippen molar-refractivity contribution in [2.24, 2.45) is 0 Å². The van der Waals surface area contributed by atoms with Gasteiger partial charge in [-0.05, 0) is 74.6 Å². The third-order valence-corrected chi connectivity index (χ3v) is 8.01. The van der Waals surface area contributed by atoms with Gasteiger partial charge in [-0.3, -0.25) is 9.59 Å². The average molecular weight is 637 g/mol. The maximum Gasteiger partial charge on any atom is 0.308 e. The normalized spacial score (nSPS) is 14.8. The number of amides is 1. The molecule has 1 aliphatic rings. The van der Waals surface area contributed by atoms with Gasteiger partial charge < -0.3 is 15.0 Å². The van der Waals surface area contributed by atoms with E-state index >= 15 is 0 Å². The van der Waals surface area contributed by atoms with Crippen LogP contribution in [0.25, 0.3) is 10.9 Å². The van der Waals surface area contributed by atoms with Gasteiger partial charge in [-0.25, -0.2) is 13.8 Å². The van der Waals surface area contributed by atoms with E-state index in [9.17, 15) is 18.4 Å². The number of esters is 1. The quantitative estimate of drug-likeness (QED) is 0.219. The predicted octanol–water partition coefficient (Wildman–Crippen LogP) is 7.63. The van der Waals surface area contributed by atoms with Crippen molar-refractivity contribution in [3.63, 3.8) is 0 Å². The first-order chi connectivity index (χ1) is 19.2. The van der Waals surface area contributed by atoms with E-state index in [1.807, 2.05) is 25.1 Å². The van der Waals surface area contributed by atoms with Crippen LogP contribution >= 0.6 is 27.5 Å². The zero-order valence-corrected chi connectivity index (χ0v) is 25.0. The summed E-state index contributed by atoms with van der Waals surface area (Å²) in [5, 5.41) is 4.01. The minimum absolute atomic E-state index is 0.0829. The number of alkyl halides is 1. The van der Waals surface area contributed by atoms with Gasteiger partial charge in [0.1, 0.15) is 11.6 Å². The van der Waals surface area contributed by atoms with E-state index in [0.29, 0.717) is 33.5 Å². The third kappa shape index (κ3) is 7.29. The van der Waals surface area contributed by atoms with Crippen LogP contribution in [-0.2, 0) is 9.53 Å². The molecule has 1 N–H and O–H groups in total. The molecule has 6 nitrogen and oxygen atoms in total. The van der Waals surface area contributed by atoms with Crippen LogP contribution in [0.5, 0.6) is 0 Å². The van der Waals surface area contributed by atoms with Crippen LogP contribution in [0.15, 0.2) is 40.9 Å². The number of hydrogen-bond acceptors (Lipinski definition) is 5. The molecule has 0 spiro atoms. The van der Waals surface area contributed by atoms with Crippen LogP contribution in [-0.4, -0.2) is 42.9 Å². The summed E-state index contributed by atoms with van der Waals surface area (Å²) < 4.78 is 33.7. The molecule has 2 aromatic carbocycles. The highest BCUT2D eigenvalue weighted by Gasteiger charge is 2.25. The second-order valence-corrected chi connectivity index (χ2v) is 11.4. The van der Waals surface area contributed by atoms with Crippen molar-refractivity contribution < 1.29 is 23.1 Å². The van der Waals surface area contributed by atoms with E-state index in [1.165, 1.54) is 18.2 Å². The number of halogens is 4. The monoisotopic (exact) mass is 635 g/mol. The number of anilines is 1. The molecule has 4 rings (SSSR count). The molecule has 1 aromatic heterocycles. The maximum absolute atomic E-state index is 14.2. The Labute approximate surface area is 246 Å². The van der Waals surface area contributed by atoms with E-state index in [-0.39, 0.29) is 31.7 Å². The first-order valence-corrected chi connectivity index (χ1v) is 14.8. The Morgan fingerprint density at radius 1 is 1.18 bits per heavy atom. The zero-order chi connectivity index (χ0) is 28.8. The van der Waals surface area contributed by atoms with Crippen molar-refractivity contribution in [2.75, 3.05) is 24.5 Å². The maximum atomic E-state index is 14.2. The molecule has 214 valence electrons. The summed E-state index contributed by atoms with van der Waals surface area (Å²) in [5.41, 5.74) is 2.45. The minimum atomic E-state index is -1.67. The molecule has 2 heterocycles. The molecular weight excluding hydrogens is 604 g/mol. The summed E-state index contributed by atoms with van der Waals surface area (Å²) in [7, 11) is 0. The third-order valence-electron chi connectivity index (χ3n) is 7.18. The highest BCUT2D eigenvalue weighted by molar-refractivity contribution is 9.10. The molecule has 1 saturated heterocycles. The van der Waals surface area contributed by atoms with Crippen LogP contribution in [0, 0.1) is 12.7 Å². The van der Waals surface area contributed by atoms with Crippen LogP contribution < -0.4 is 10.2 Å². The topological polar surface area (TPSA) is 71.5 Å². The van der Waals surface area contributed by atoms with Gasteiger partial charge in [-0.1, -0.05) is 34.5 Å². The minimum Gasteiger partial charge on any atom is -0.431 e. The Morgan fingerprint density at radius 3 is 2.65 bits per heavy atom. The Hall–Kier alpha value is -2.78. The van der Waals surface area contributed by atoms with E-state index in [4.69, 9.17) is 21.3 Å². The Morgan fingerprint density at radius 2 is 1.93 bits per heavy atom. The molecule has 2 unspecified atom stereocenters. The summed E-state index contributed by atoms with van der Waals surface area (Å²) in [6.45, 7) is 5.54. The van der Waals surface area contributed by atoms with Crippen molar-refractivity contribution >= 4 is 56.1 Å². The smallest absolute Gasteiger partial charge is 0.308 e. The summed E-state index contributed by atoms with van der Waals surface area (Å²) >= 11 is 9.91. The summed E-state index contributed by atoms with van der Waals surface area (Å²) in [6, 6.07) is 9.64. The average Bonchev–Trinajstić information content (AvgIpc) is 3.45. The number of ether oxygens (including phenoxy) is 1. The Bertz CT molecular complexity index is 1380. The van der Waals surface area contributed by atoms with Crippen molar-refractivity contribution in [3.8, 4) is 0 Å². The van der Waals surface area contributed by atoms with E-state index < -0.39 is 24.1 Å². The summed E-state index contributed by atoms with van der Waals surface area (Å²) in [4.78, 5) is 33.1. The standard InChI is InChI=1S/C30H33BrClF2N3O3/c1-3-6-26(34)40-27(38)12-7-19(22-16-21(33)9-10-24(22)32)17-35-30(39)28-18(2)29(37-13-4-5-14-37)36-25-11-8-20(31)15-23(25)28/h8-11,15-16,19,26H,3-7,12-14,17H2,1-2H3,(H,35,39). The van der Waals surface area contributed by atoms with Crippen LogP contribution in [0.3, 0.4) is 0 Å². The van der Waals surface area contributed by atoms with Gasteiger partial charge >= 0.3 is 5.97 Å². The predicted molar refractivity (Wildman–Crippen MR) is 157 cm³/mol. The van der Waals surface area contributed by atoms with Crippen molar-refractivity contribution in [1.29, 1.82) is 0 Å². The molecule has 3 aromatic rings. The number of hydrogen-bond donors (Lipinski definition) is 1. The summed E-state index contributed by atoms with van der Waals surface area (Å²) in [5.74, 6) is -1.21. The molecule has 0 saturated carbocycles. The first kappa shape index (κ1) is 30.2. The molecule has 40 heavy (non-hydrogen) atoms. The largest absolute Gasteiger partial charge is 0.431 e. The lowest BCUT2D eigenvalue weighted by Crippen LogP contribution is -2.31. The lowest BCUT2D eigenvalue weighted by Gasteiger charge is -2.23. The number of nitrogens with one attached hydrogen (secondary N) is 1. The molecule has 0 bridgehead atoms. The number of benzene rings is 2. The number of rotatable bonds is 11. The van der Waals surface area contributed by atoms with Gasteiger partial charge in [0.25, 0.3) is 5.91 Å². The fourth-order valence-electron chi connectivity index (χ4n) is 5.13. The molecule has 1 amide bonds. The second-order valence-electron chi connectivity index (χ2n) is 10.1. The molecule has 0 radical (unpaired) electrons. The lowest BCUT2D eigenvalue weighted by molar-refractivity contribution is -0.158. The molecular formula is C30H33BrClF2N3O3. The van der Waals surface area contributed by atoms with Crippen molar-refractivity contribution in [1.82, 2.24) is 10.3 Å². The summed E-state index contributed by atoms with van der Waals surface area (Å²) in [6.07, 6.45) is 1.21. The van der Waals surface area contributed by atoms with Gasteiger partial charge in [0.05, 0.1) is 11.1 Å².